The minimum atomic E-state index is -0.673. The summed E-state index contributed by atoms with van der Waals surface area (Å²) in [5.74, 6) is 1.83. The first-order valence-electron chi connectivity index (χ1n) is 10.1. The second kappa shape index (κ2) is 10.9. The van der Waals surface area contributed by atoms with E-state index >= 15 is 0 Å². The zero-order valence-corrected chi connectivity index (χ0v) is 19.4. The molecule has 3 aromatic rings. The lowest BCUT2D eigenvalue weighted by Gasteiger charge is -2.19. The topological polar surface area (TPSA) is 56.8 Å². The fraction of sp³-hybridized carbons (Fsp3) is 0.240. The molecule has 0 bridgehead atoms. The zero-order chi connectivity index (χ0) is 22.2. The minimum Gasteiger partial charge on any atom is -0.490 e. The van der Waals surface area contributed by atoms with Gasteiger partial charge in [-0.15, -0.1) is 0 Å². The van der Waals surface area contributed by atoms with Crippen molar-refractivity contribution in [3.63, 3.8) is 0 Å². The Balaban J connectivity index is 1.57. The summed E-state index contributed by atoms with van der Waals surface area (Å²) in [5.41, 5.74) is 2.52. The summed E-state index contributed by atoms with van der Waals surface area (Å²) in [6, 6.07) is 20.8. The molecular weight excluding hydrogens is 458 g/mol. The maximum absolute atomic E-state index is 12.7. The number of hydrogen-bond acceptors (Lipinski definition) is 4. The predicted molar refractivity (Wildman–Crippen MR) is 126 cm³/mol. The Hall–Kier alpha value is -2.99. The molecule has 1 amide bonds. The SMILES string of the molecule is Cc1cc(Br)cc(C)c1OC(C)C(=O)Nc1ccccc1OCCOc1ccccc1. The van der Waals surface area contributed by atoms with E-state index in [-0.39, 0.29) is 5.91 Å². The van der Waals surface area contributed by atoms with Gasteiger partial charge in [-0.25, -0.2) is 0 Å². The maximum atomic E-state index is 12.7. The number of benzene rings is 3. The van der Waals surface area contributed by atoms with Gasteiger partial charge >= 0.3 is 0 Å². The van der Waals surface area contributed by atoms with E-state index in [1.807, 2.05) is 74.5 Å². The number of aryl methyl sites for hydroxylation is 2. The lowest BCUT2D eigenvalue weighted by molar-refractivity contribution is -0.122. The summed E-state index contributed by atoms with van der Waals surface area (Å²) >= 11 is 3.48. The lowest BCUT2D eigenvalue weighted by Crippen LogP contribution is -2.30. The molecule has 5 nitrogen and oxygen atoms in total. The summed E-state index contributed by atoms with van der Waals surface area (Å²) in [6.45, 7) is 6.39. The van der Waals surface area contributed by atoms with Crippen LogP contribution < -0.4 is 19.5 Å². The van der Waals surface area contributed by atoms with Crippen LogP contribution in [0.3, 0.4) is 0 Å². The van der Waals surface area contributed by atoms with Crippen LogP contribution in [0.2, 0.25) is 0 Å². The molecule has 0 fully saturated rings. The molecule has 162 valence electrons. The van der Waals surface area contributed by atoms with Crippen LogP contribution in [0, 0.1) is 13.8 Å². The third-order valence-corrected chi connectivity index (χ3v) is 5.04. The average molecular weight is 484 g/mol. The smallest absolute Gasteiger partial charge is 0.265 e. The number of halogens is 1. The minimum absolute atomic E-state index is 0.252. The number of hydrogen-bond donors (Lipinski definition) is 1. The molecule has 0 aromatic heterocycles. The van der Waals surface area contributed by atoms with Gasteiger partial charge in [-0.05, 0) is 68.3 Å². The highest BCUT2D eigenvalue weighted by Gasteiger charge is 2.19. The van der Waals surface area contributed by atoms with Gasteiger partial charge in [-0.1, -0.05) is 46.3 Å². The van der Waals surface area contributed by atoms with Gasteiger partial charge < -0.3 is 19.5 Å². The van der Waals surface area contributed by atoms with Gasteiger partial charge in [0.1, 0.15) is 30.5 Å². The van der Waals surface area contributed by atoms with Gasteiger partial charge in [-0.3, -0.25) is 4.79 Å². The third-order valence-electron chi connectivity index (χ3n) is 4.59. The van der Waals surface area contributed by atoms with Crippen molar-refractivity contribution < 1.29 is 19.0 Å². The number of para-hydroxylation sites is 3. The molecule has 1 unspecified atom stereocenters. The second-order valence-corrected chi connectivity index (χ2v) is 8.04. The molecule has 0 saturated carbocycles. The molecule has 1 N–H and O–H groups in total. The predicted octanol–water partition coefficient (Wildman–Crippen LogP) is 5.93. The van der Waals surface area contributed by atoms with Crippen molar-refractivity contribution in [3.8, 4) is 17.2 Å². The zero-order valence-electron chi connectivity index (χ0n) is 17.9. The van der Waals surface area contributed by atoms with E-state index in [9.17, 15) is 4.79 Å². The molecule has 0 aliphatic rings. The molecule has 31 heavy (non-hydrogen) atoms. The Morgan fingerprint density at radius 2 is 1.55 bits per heavy atom. The van der Waals surface area contributed by atoms with Crippen LogP contribution in [-0.4, -0.2) is 25.2 Å². The molecule has 3 aromatic carbocycles. The quantitative estimate of drug-likeness (QED) is 0.383. The molecule has 1 atom stereocenters. The largest absolute Gasteiger partial charge is 0.490 e. The van der Waals surface area contributed by atoms with Crippen LogP contribution in [0.1, 0.15) is 18.1 Å². The van der Waals surface area contributed by atoms with Gasteiger partial charge in [0.25, 0.3) is 5.91 Å². The van der Waals surface area contributed by atoms with E-state index in [1.54, 1.807) is 13.0 Å². The maximum Gasteiger partial charge on any atom is 0.265 e. The summed E-state index contributed by atoms with van der Waals surface area (Å²) < 4.78 is 18.4. The van der Waals surface area contributed by atoms with Crippen molar-refractivity contribution in [1.29, 1.82) is 0 Å². The molecule has 6 heteroatoms. The van der Waals surface area contributed by atoms with Crippen LogP contribution in [0.25, 0.3) is 0 Å². The normalized spacial score (nSPS) is 11.5. The highest BCUT2D eigenvalue weighted by molar-refractivity contribution is 9.10. The van der Waals surface area contributed by atoms with E-state index in [0.29, 0.717) is 30.4 Å². The fourth-order valence-electron chi connectivity index (χ4n) is 3.07. The third kappa shape index (κ3) is 6.49. The van der Waals surface area contributed by atoms with Gasteiger partial charge in [0.2, 0.25) is 0 Å². The molecule has 0 radical (unpaired) electrons. The van der Waals surface area contributed by atoms with Gasteiger partial charge in [0.15, 0.2) is 6.10 Å². The summed E-state index contributed by atoms with van der Waals surface area (Å²) in [6.07, 6.45) is -0.673. The second-order valence-electron chi connectivity index (χ2n) is 7.12. The number of ether oxygens (including phenoxy) is 3. The van der Waals surface area contributed by atoms with Crippen molar-refractivity contribution in [2.75, 3.05) is 18.5 Å². The lowest BCUT2D eigenvalue weighted by atomic mass is 10.1. The van der Waals surface area contributed by atoms with Crippen LogP contribution in [0.5, 0.6) is 17.2 Å². The fourth-order valence-corrected chi connectivity index (χ4v) is 3.76. The van der Waals surface area contributed by atoms with Gasteiger partial charge in [0, 0.05) is 4.47 Å². The highest BCUT2D eigenvalue weighted by atomic mass is 79.9. The van der Waals surface area contributed by atoms with Crippen LogP contribution in [0.15, 0.2) is 71.2 Å². The Kier molecular flexibility index (Phi) is 7.95. The summed E-state index contributed by atoms with van der Waals surface area (Å²) in [4.78, 5) is 12.7. The average Bonchev–Trinajstić information content (AvgIpc) is 2.75. The number of carbonyl (C=O) groups excluding carboxylic acids is 1. The number of amides is 1. The number of anilines is 1. The summed E-state index contributed by atoms with van der Waals surface area (Å²) in [7, 11) is 0. The van der Waals surface area contributed by atoms with E-state index in [4.69, 9.17) is 14.2 Å². The monoisotopic (exact) mass is 483 g/mol. The Bertz CT molecular complexity index is 1000. The first-order chi connectivity index (χ1) is 14.9. The Labute approximate surface area is 191 Å². The van der Waals surface area contributed by atoms with E-state index in [1.165, 1.54) is 0 Å². The molecule has 0 heterocycles. The van der Waals surface area contributed by atoms with Crippen molar-refractivity contribution in [3.05, 3.63) is 82.3 Å². The van der Waals surface area contributed by atoms with E-state index < -0.39 is 6.10 Å². The van der Waals surface area contributed by atoms with Crippen molar-refractivity contribution in [2.45, 2.75) is 26.9 Å². The molecule has 3 rings (SSSR count). The molecular formula is C25H26BrNO4. The van der Waals surface area contributed by atoms with E-state index in [0.717, 1.165) is 21.3 Å². The number of rotatable bonds is 9. The van der Waals surface area contributed by atoms with Crippen molar-refractivity contribution in [1.82, 2.24) is 0 Å². The van der Waals surface area contributed by atoms with Gasteiger partial charge in [0.05, 0.1) is 5.69 Å². The van der Waals surface area contributed by atoms with E-state index in [2.05, 4.69) is 21.2 Å². The van der Waals surface area contributed by atoms with Crippen molar-refractivity contribution in [2.24, 2.45) is 0 Å². The first-order valence-corrected chi connectivity index (χ1v) is 10.9. The molecule has 0 aliphatic heterocycles. The number of carbonyl (C=O) groups is 1. The Morgan fingerprint density at radius 3 is 2.26 bits per heavy atom. The summed E-state index contributed by atoms with van der Waals surface area (Å²) in [5, 5.41) is 2.90. The first kappa shape index (κ1) is 22.7. The standard InChI is InChI=1S/C25H26BrNO4/c1-17-15-20(26)16-18(2)24(17)31-19(3)25(28)27-22-11-7-8-12-23(22)30-14-13-29-21-9-5-4-6-10-21/h4-12,15-16,19H,13-14H2,1-3H3,(H,27,28). The van der Waals surface area contributed by atoms with Crippen LogP contribution in [0.4, 0.5) is 5.69 Å². The highest BCUT2D eigenvalue weighted by Crippen LogP contribution is 2.29. The van der Waals surface area contributed by atoms with Crippen molar-refractivity contribution >= 4 is 27.5 Å². The number of nitrogens with one attached hydrogen (secondary N) is 1. The van der Waals surface area contributed by atoms with Crippen LogP contribution in [-0.2, 0) is 4.79 Å². The molecule has 0 saturated heterocycles. The molecule has 0 spiro atoms. The molecule has 0 aliphatic carbocycles. The van der Waals surface area contributed by atoms with Crippen LogP contribution >= 0.6 is 15.9 Å². The Morgan fingerprint density at radius 1 is 0.935 bits per heavy atom. The van der Waals surface area contributed by atoms with Gasteiger partial charge in [-0.2, -0.15) is 0 Å².